The molecule has 1 aliphatic heterocycles. The Balaban J connectivity index is 1.38. The monoisotopic (exact) mass is 623 g/mol. The number of fused-ring (bicyclic) bond motifs is 1. The van der Waals surface area contributed by atoms with Gasteiger partial charge < -0.3 is 25.0 Å². The van der Waals surface area contributed by atoms with E-state index in [1.165, 1.54) is 0 Å². The number of nitrogens with one attached hydrogen (secondary N) is 2. The standard InChI is InChI=1S/C38H49N5O3/c1-7-42(8-2)18-17-27-23-29(38(3,4)5)24-35(36(27)45-6)41-37(44)40-34-16-15-31(32-11-9-10-12-33(32)34)28-13-14-30(39-25-28)26-43-19-21-46-22-20-43/h9-16,23-25H,7-8,17-22,26H2,1-6H3,(H2,40,41,44). The fourth-order valence-corrected chi connectivity index (χ4v) is 6.06. The second-order valence-corrected chi connectivity index (χ2v) is 13.0. The zero-order valence-electron chi connectivity index (χ0n) is 28.3. The van der Waals surface area contributed by atoms with Crippen LogP contribution in [0.5, 0.6) is 5.75 Å². The molecule has 1 saturated heterocycles. The molecule has 0 atom stereocenters. The number of amides is 2. The van der Waals surface area contributed by atoms with Crippen molar-refractivity contribution in [2.45, 2.75) is 53.0 Å². The van der Waals surface area contributed by atoms with E-state index in [1.54, 1.807) is 7.11 Å². The van der Waals surface area contributed by atoms with Gasteiger partial charge in [0, 0.05) is 43.3 Å². The summed E-state index contributed by atoms with van der Waals surface area (Å²) in [6.45, 7) is 18.1. The Morgan fingerprint density at radius 3 is 2.33 bits per heavy atom. The number of morpholine rings is 1. The van der Waals surface area contributed by atoms with E-state index >= 15 is 0 Å². The van der Waals surface area contributed by atoms with Gasteiger partial charge in [0.2, 0.25) is 0 Å². The average molecular weight is 624 g/mol. The van der Waals surface area contributed by atoms with Crippen molar-refractivity contribution in [1.29, 1.82) is 0 Å². The fraction of sp³-hybridized carbons (Fsp3) is 0.421. The second kappa shape index (κ2) is 15.1. The minimum Gasteiger partial charge on any atom is -0.494 e. The van der Waals surface area contributed by atoms with Crippen LogP contribution in [-0.2, 0) is 23.1 Å². The Morgan fingerprint density at radius 1 is 0.957 bits per heavy atom. The van der Waals surface area contributed by atoms with Crippen LogP contribution in [0.15, 0.2) is 66.9 Å². The molecule has 244 valence electrons. The third kappa shape index (κ3) is 8.05. The Labute approximate surface area is 274 Å². The molecule has 0 bridgehead atoms. The van der Waals surface area contributed by atoms with Gasteiger partial charge in [-0.05, 0) is 65.2 Å². The summed E-state index contributed by atoms with van der Waals surface area (Å²) in [5, 5.41) is 8.25. The van der Waals surface area contributed by atoms with E-state index in [1.807, 2.05) is 36.5 Å². The summed E-state index contributed by atoms with van der Waals surface area (Å²) in [5.74, 6) is 0.708. The molecule has 1 fully saturated rings. The van der Waals surface area contributed by atoms with Crippen LogP contribution >= 0.6 is 0 Å². The van der Waals surface area contributed by atoms with Crippen LogP contribution in [-0.4, -0.2) is 73.9 Å². The maximum atomic E-state index is 13.6. The molecule has 8 nitrogen and oxygen atoms in total. The van der Waals surface area contributed by atoms with Gasteiger partial charge in [-0.25, -0.2) is 4.79 Å². The first-order valence-electron chi connectivity index (χ1n) is 16.5. The summed E-state index contributed by atoms with van der Waals surface area (Å²) < 4.78 is 11.4. The third-order valence-electron chi connectivity index (χ3n) is 8.87. The van der Waals surface area contributed by atoms with Crippen molar-refractivity contribution in [3.05, 3.63) is 83.7 Å². The molecule has 46 heavy (non-hydrogen) atoms. The maximum Gasteiger partial charge on any atom is 0.323 e. The molecular formula is C38H49N5O3. The van der Waals surface area contributed by atoms with Crippen LogP contribution in [0.4, 0.5) is 16.2 Å². The molecule has 2 amide bonds. The molecule has 1 aliphatic rings. The number of anilines is 2. The van der Waals surface area contributed by atoms with E-state index < -0.39 is 0 Å². The summed E-state index contributed by atoms with van der Waals surface area (Å²) in [5.41, 5.74) is 6.72. The van der Waals surface area contributed by atoms with Crippen molar-refractivity contribution < 1.29 is 14.3 Å². The van der Waals surface area contributed by atoms with Crippen LogP contribution in [0.25, 0.3) is 21.9 Å². The lowest BCUT2D eigenvalue weighted by Gasteiger charge is -2.26. The third-order valence-corrected chi connectivity index (χ3v) is 8.87. The molecule has 3 aromatic carbocycles. The molecule has 5 rings (SSSR count). The number of methoxy groups -OCH3 is 1. The number of urea groups is 1. The molecule has 0 unspecified atom stereocenters. The number of nitrogens with zero attached hydrogens (tertiary/aromatic N) is 3. The van der Waals surface area contributed by atoms with Crippen molar-refractivity contribution in [1.82, 2.24) is 14.8 Å². The van der Waals surface area contributed by atoms with Crippen molar-refractivity contribution in [3.63, 3.8) is 0 Å². The number of carbonyl (C=O) groups excluding carboxylic acids is 1. The lowest BCUT2D eigenvalue weighted by Crippen LogP contribution is -2.35. The minimum absolute atomic E-state index is 0.0925. The number of aromatic nitrogens is 1. The van der Waals surface area contributed by atoms with E-state index in [9.17, 15) is 4.79 Å². The van der Waals surface area contributed by atoms with Gasteiger partial charge in [0.15, 0.2) is 0 Å². The van der Waals surface area contributed by atoms with Gasteiger partial charge in [-0.3, -0.25) is 9.88 Å². The lowest BCUT2D eigenvalue weighted by molar-refractivity contribution is 0.0336. The summed E-state index contributed by atoms with van der Waals surface area (Å²) in [6.07, 6.45) is 2.78. The van der Waals surface area contributed by atoms with E-state index in [4.69, 9.17) is 14.5 Å². The predicted octanol–water partition coefficient (Wildman–Crippen LogP) is 7.57. The van der Waals surface area contributed by atoms with Gasteiger partial charge in [0.25, 0.3) is 0 Å². The van der Waals surface area contributed by atoms with Crippen LogP contribution in [0.2, 0.25) is 0 Å². The number of hydrogen-bond donors (Lipinski definition) is 2. The number of likely N-dealkylation sites (N-methyl/N-ethyl adjacent to an activating group) is 1. The van der Waals surface area contributed by atoms with E-state index in [0.717, 1.165) is 103 Å². The van der Waals surface area contributed by atoms with Gasteiger partial charge in [0.05, 0.1) is 37.4 Å². The van der Waals surface area contributed by atoms with Crippen LogP contribution < -0.4 is 15.4 Å². The van der Waals surface area contributed by atoms with Crippen molar-refractivity contribution >= 4 is 28.2 Å². The predicted molar refractivity (Wildman–Crippen MR) is 189 cm³/mol. The number of rotatable bonds is 11. The van der Waals surface area contributed by atoms with E-state index in [0.29, 0.717) is 11.4 Å². The normalized spacial score (nSPS) is 14.1. The summed E-state index contributed by atoms with van der Waals surface area (Å²) in [6, 6.07) is 20.4. The van der Waals surface area contributed by atoms with Gasteiger partial charge in [0.1, 0.15) is 5.75 Å². The highest BCUT2D eigenvalue weighted by molar-refractivity contribution is 6.10. The van der Waals surface area contributed by atoms with Gasteiger partial charge in [-0.2, -0.15) is 0 Å². The molecule has 0 radical (unpaired) electrons. The van der Waals surface area contributed by atoms with Gasteiger partial charge >= 0.3 is 6.03 Å². The molecule has 0 spiro atoms. The van der Waals surface area contributed by atoms with E-state index in [2.05, 4.69) is 85.4 Å². The first-order chi connectivity index (χ1) is 22.2. The highest BCUT2D eigenvalue weighted by Gasteiger charge is 2.21. The minimum atomic E-state index is -0.314. The number of hydrogen-bond acceptors (Lipinski definition) is 6. The molecule has 2 N–H and O–H groups in total. The zero-order chi connectivity index (χ0) is 32.7. The summed E-state index contributed by atoms with van der Waals surface area (Å²) in [4.78, 5) is 23.1. The molecule has 0 aliphatic carbocycles. The highest BCUT2D eigenvalue weighted by atomic mass is 16.5. The molecule has 0 saturated carbocycles. The molecule has 2 heterocycles. The summed E-state index contributed by atoms with van der Waals surface area (Å²) in [7, 11) is 1.67. The fourth-order valence-electron chi connectivity index (χ4n) is 6.06. The number of benzene rings is 3. The van der Waals surface area contributed by atoms with Crippen LogP contribution in [0, 0.1) is 0 Å². The van der Waals surface area contributed by atoms with E-state index in [-0.39, 0.29) is 11.4 Å². The molecular weight excluding hydrogens is 574 g/mol. The largest absolute Gasteiger partial charge is 0.494 e. The molecule has 8 heteroatoms. The number of ether oxygens (including phenoxy) is 2. The van der Waals surface area contributed by atoms with Crippen molar-refractivity contribution in [2.75, 3.05) is 63.7 Å². The highest BCUT2D eigenvalue weighted by Crippen LogP contribution is 2.37. The molecule has 4 aromatic rings. The first-order valence-corrected chi connectivity index (χ1v) is 16.5. The number of carbonyl (C=O) groups is 1. The van der Waals surface area contributed by atoms with Gasteiger partial charge in [-0.1, -0.05) is 77.1 Å². The maximum absolute atomic E-state index is 13.6. The Hall–Kier alpha value is -3.98. The molecule has 1 aromatic heterocycles. The second-order valence-electron chi connectivity index (χ2n) is 13.0. The SMILES string of the molecule is CCN(CC)CCc1cc(C(C)(C)C)cc(NC(=O)Nc2ccc(-c3ccc(CN4CCOCC4)nc3)c3ccccc23)c1OC. The Bertz CT molecular complexity index is 1620. The van der Waals surface area contributed by atoms with Crippen molar-refractivity contribution in [2.24, 2.45) is 0 Å². The quantitative estimate of drug-likeness (QED) is 0.179. The summed E-state index contributed by atoms with van der Waals surface area (Å²) >= 11 is 0. The first kappa shape index (κ1) is 33.4. The lowest BCUT2D eigenvalue weighted by atomic mass is 9.85. The van der Waals surface area contributed by atoms with Crippen LogP contribution in [0.3, 0.4) is 0 Å². The smallest absolute Gasteiger partial charge is 0.323 e. The van der Waals surface area contributed by atoms with Crippen LogP contribution in [0.1, 0.15) is 51.4 Å². The topological polar surface area (TPSA) is 79.0 Å². The van der Waals surface area contributed by atoms with Gasteiger partial charge in [-0.15, -0.1) is 0 Å². The number of pyridine rings is 1. The average Bonchev–Trinajstić information content (AvgIpc) is 3.06. The van der Waals surface area contributed by atoms with Crippen molar-refractivity contribution in [3.8, 4) is 16.9 Å². The Kier molecular flexibility index (Phi) is 10.9. The zero-order valence-corrected chi connectivity index (χ0v) is 28.3. The Morgan fingerprint density at radius 2 is 1.67 bits per heavy atom.